The Hall–Kier alpha value is -1.46. The van der Waals surface area contributed by atoms with E-state index < -0.39 is 0 Å². The number of benzene rings is 1. The number of halogens is 1. The van der Waals surface area contributed by atoms with E-state index in [9.17, 15) is 0 Å². The van der Waals surface area contributed by atoms with Crippen LogP contribution in [0.25, 0.3) is 0 Å². The summed E-state index contributed by atoms with van der Waals surface area (Å²) in [6, 6.07) is 9.64. The molecule has 0 atom stereocenters. The van der Waals surface area contributed by atoms with E-state index in [1.165, 1.54) is 5.56 Å². The van der Waals surface area contributed by atoms with Crippen LogP contribution in [0.2, 0.25) is 0 Å². The first kappa shape index (κ1) is 14.0. The summed E-state index contributed by atoms with van der Waals surface area (Å²) in [5.41, 5.74) is 2.07. The molecule has 0 radical (unpaired) electrons. The molecule has 0 spiro atoms. The average molecular weight is 322 g/mol. The zero-order chi connectivity index (χ0) is 13.7. The van der Waals surface area contributed by atoms with Crippen LogP contribution in [0, 0.1) is 6.92 Å². The second-order valence-electron chi connectivity index (χ2n) is 4.18. The van der Waals surface area contributed by atoms with Crippen LogP contribution in [-0.2, 0) is 6.54 Å². The zero-order valence-electron chi connectivity index (χ0n) is 11.0. The van der Waals surface area contributed by atoms with Gasteiger partial charge in [-0.3, -0.25) is 0 Å². The molecule has 0 aliphatic heterocycles. The predicted molar refractivity (Wildman–Crippen MR) is 78.4 cm³/mol. The van der Waals surface area contributed by atoms with Crippen molar-refractivity contribution in [2.45, 2.75) is 20.4 Å². The Bertz CT molecular complexity index is 543. The smallest absolute Gasteiger partial charge is 0.238 e. The van der Waals surface area contributed by atoms with Gasteiger partial charge in [0.15, 0.2) is 0 Å². The van der Waals surface area contributed by atoms with E-state index in [4.69, 9.17) is 4.74 Å². The van der Waals surface area contributed by atoms with Crippen molar-refractivity contribution >= 4 is 15.9 Å². The predicted octanol–water partition coefficient (Wildman–Crippen LogP) is 3.45. The largest absolute Gasteiger partial charge is 0.436 e. The van der Waals surface area contributed by atoms with Gasteiger partial charge < -0.3 is 10.1 Å². The number of ether oxygens (including phenoxy) is 1. The summed E-state index contributed by atoms with van der Waals surface area (Å²) in [7, 11) is 0. The number of nitrogens with zero attached hydrogens (tertiary/aromatic N) is 2. The molecule has 0 saturated carbocycles. The van der Waals surface area contributed by atoms with Crippen molar-refractivity contribution in [2.24, 2.45) is 0 Å². The molecule has 1 heterocycles. The molecule has 0 unspecified atom stereocenters. The van der Waals surface area contributed by atoms with Gasteiger partial charge in [-0.2, -0.15) is 5.10 Å². The molecule has 100 valence electrons. The number of aryl methyl sites for hydroxylation is 1. The molecule has 0 saturated heterocycles. The fourth-order valence-electron chi connectivity index (χ4n) is 1.55. The maximum atomic E-state index is 5.68. The third-order valence-corrected chi connectivity index (χ3v) is 3.17. The van der Waals surface area contributed by atoms with Gasteiger partial charge in [0, 0.05) is 12.6 Å². The number of aromatic nitrogens is 2. The quantitative estimate of drug-likeness (QED) is 0.916. The van der Waals surface area contributed by atoms with E-state index in [0.29, 0.717) is 5.88 Å². The third-order valence-electron chi connectivity index (χ3n) is 2.55. The Balaban J connectivity index is 2.06. The molecular formula is C14H16BrN3O. The minimum absolute atomic E-state index is 0.491. The second kappa shape index (κ2) is 6.63. The lowest BCUT2D eigenvalue weighted by Gasteiger charge is -2.07. The van der Waals surface area contributed by atoms with Gasteiger partial charge in [-0.1, -0.05) is 13.0 Å². The van der Waals surface area contributed by atoms with E-state index in [2.05, 4.69) is 38.4 Å². The maximum Gasteiger partial charge on any atom is 0.238 e. The fourth-order valence-corrected chi connectivity index (χ4v) is 2.12. The van der Waals surface area contributed by atoms with Crippen LogP contribution in [0.1, 0.15) is 18.2 Å². The molecule has 0 bridgehead atoms. The van der Waals surface area contributed by atoms with Gasteiger partial charge >= 0.3 is 0 Å². The summed E-state index contributed by atoms with van der Waals surface area (Å²) in [4.78, 5) is 0. The van der Waals surface area contributed by atoms with Crippen LogP contribution in [-0.4, -0.2) is 16.7 Å². The van der Waals surface area contributed by atoms with Gasteiger partial charge in [0.1, 0.15) is 5.75 Å². The maximum absolute atomic E-state index is 5.68. The molecule has 0 fully saturated rings. The van der Waals surface area contributed by atoms with Gasteiger partial charge in [0.2, 0.25) is 5.88 Å². The standard InChI is InChI=1S/C14H16BrN3O/c1-3-16-9-11-5-7-14(18-17-11)19-13-6-4-10(2)8-12(13)15/h4-8,16H,3,9H2,1-2H3. The van der Waals surface area contributed by atoms with E-state index in [1.807, 2.05) is 37.3 Å². The minimum Gasteiger partial charge on any atom is -0.436 e. The lowest BCUT2D eigenvalue weighted by Crippen LogP contribution is -2.13. The molecule has 1 aromatic heterocycles. The normalized spacial score (nSPS) is 10.5. The highest BCUT2D eigenvalue weighted by Crippen LogP contribution is 2.29. The average Bonchev–Trinajstić information content (AvgIpc) is 2.41. The summed E-state index contributed by atoms with van der Waals surface area (Å²) in [6.07, 6.45) is 0. The van der Waals surface area contributed by atoms with Crippen LogP contribution in [0.3, 0.4) is 0 Å². The molecule has 1 N–H and O–H groups in total. The molecule has 2 rings (SSSR count). The first-order valence-corrected chi connectivity index (χ1v) is 6.95. The second-order valence-corrected chi connectivity index (χ2v) is 5.03. The first-order valence-electron chi connectivity index (χ1n) is 6.16. The Morgan fingerprint density at radius 2 is 2.05 bits per heavy atom. The van der Waals surface area contributed by atoms with Crippen molar-refractivity contribution in [1.82, 2.24) is 15.5 Å². The Kier molecular flexibility index (Phi) is 4.87. The van der Waals surface area contributed by atoms with Crippen molar-refractivity contribution in [2.75, 3.05) is 6.54 Å². The van der Waals surface area contributed by atoms with Crippen molar-refractivity contribution in [1.29, 1.82) is 0 Å². The molecule has 0 aliphatic carbocycles. The lowest BCUT2D eigenvalue weighted by atomic mass is 10.2. The van der Waals surface area contributed by atoms with Crippen LogP contribution in [0.5, 0.6) is 11.6 Å². The van der Waals surface area contributed by atoms with Gasteiger partial charge in [-0.15, -0.1) is 5.10 Å². The van der Waals surface area contributed by atoms with Crippen LogP contribution in [0.15, 0.2) is 34.8 Å². The summed E-state index contributed by atoms with van der Waals surface area (Å²) >= 11 is 3.47. The van der Waals surface area contributed by atoms with Crippen LogP contribution < -0.4 is 10.1 Å². The van der Waals surface area contributed by atoms with E-state index >= 15 is 0 Å². The molecule has 0 aliphatic rings. The van der Waals surface area contributed by atoms with Crippen molar-refractivity contribution in [3.63, 3.8) is 0 Å². The Labute approximate surface area is 121 Å². The van der Waals surface area contributed by atoms with E-state index in [0.717, 1.165) is 29.0 Å². The van der Waals surface area contributed by atoms with Crippen molar-refractivity contribution in [3.8, 4) is 11.6 Å². The van der Waals surface area contributed by atoms with E-state index in [1.54, 1.807) is 0 Å². The SMILES string of the molecule is CCNCc1ccc(Oc2ccc(C)cc2Br)nn1. The molecule has 0 amide bonds. The summed E-state index contributed by atoms with van der Waals surface area (Å²) in [6.45, 7) is 5.72. The van der Waals surface area contributed by atoms with Crippen molar-refractivity contribution in [3.05, 3.63) is 46.1 Å². The van der Waals surface area contributed by atoms with Gasteiger partial charge in [0.25, 0.3) is 0 Å². The number of nitrogens with one attached hydrogen (secondary N) is 1. The Morgan fingerprint density at radius 1 is 1.21 bits per heavy atom. The molecule has 2 aromatic rings. The van der Waals surface area contributed by atoms with E-state index in [-0.39, 0.29) is 0 Å². The topological polar surface area (TPSA) is 47.0 Å². The third kappa shape index (κ3) is 4.01. The fraction of sp³-hybridized carbons (Fsp3) is 0.286. The highest BCUT2D eigenvalue weighted by Gasteiger charge is 2.04. The van der Waals surface area contributed by atoms with Crippen LogP contribution >= 0.6 is 15.9 Å². The molecule has 5 heteroatoms. The van der Waals surface area contributed by atoms with Crippen molar-refractivity contribution < 1.29 is 4.74 Å². The molecule has 4 nitrogen and oxygen atoms in total. The van der Waals surface area contributed by atoms with Gasteiger partial charge in [-0.05, 0) is 53.2 Å². The first-order chi connectivity index (χ1) is 9.19. The minimum atomic E-state index is 0.491. The Morgan fingerprint density at radius 3 is 2.68 bits per heavy atom. The lowest BCUT2D eigenvalue weighted by molar-refractivity contribution is 0.450. The summed E-state index contributed by atoms with van der Waals surface area (Å²) < 4.78 is 6.59. The summed E-state index contributed by atoms with van der Waals surface area (Å²) in [5, 5.41) is 11.4. The van der Waals surface area contributed by atoms with Crippen LogP contribution in [0.4, 0.5) is 0 Å². The number of hydrogen-bond acceptors (Lipinski definition) is 4. The molecule has 19 heavy (non-hydrogen) atoms. The highest BCUT2D eigenvalue weighted by molar-refractivity contribution is 9.10. The monoisotopic (exact) mass is 321 g/mol. The highest BCUT2D eigenvalue weighted by atomic mass is 79.9. The molecular weight excluding hydrogens is 306 g/mol. The molecule has 1 aromatic carbocycles. The number of hydrogen-bond donors (Lipinski definition) is 1. The summed E-state index contributed by atoms with van der Waals surface area (Å²) in [5.74, 6) is 1.23. The zero-order valence-corrected chi connectivity index (χ0v) is 12.6. The number of rotatable bonds is 5. The van der Waals surface area contributed by atoms with Gasteiger partial charge in [-0.25, -0.2) is 0 Å². The van der Waals surface area contributed by atoms with Gasteiger partial charge in [0.05, 0.1) is 10.2 Å².